The van der Waals surface area contributed by atoms with Crippen LogP contribution in [-0.2, 0) is 6.54 Å². The van der Waals surface area contributed by atoms with Crippen molar-refractivity contribution >= 4 is 16.9 Å². The van der Waals surface area contributed by atoms with E-state index in [1.165, 1.54) is 0 Å². The maximum Gasteiger partial charge on any atom is 0.372 e. The number of hydrogen-bond donors (Lipinski definition) is 2. The zero-order chi connectivity index (χ0) is 13.2. The molecule has 3 rings (SSSR count). The van der Waals surface area contributed by atoms with E-state index < -0.39 is 5.97 Å². The van der Waals surface area contributed by atoms with Gasteiger partial charge in [-0.15, -0.1) is 0 Å². The third-order valence-electron chi connectivity index (χ3n) is 3.47. The molecule has 1 aliphatic rings. The van der Waals surface area contributed by atoms with Crippen molar-refractivity contribution in [1.82, 2.24) is 5.32 Å². The number of fused-ring (bicyclic) bond motifs is 1. The molecule has 4 heteroatoms. The number of aromatic carboxylic acids is 1. The Hall–Kier alpha value is -2.07. The molecule has 1 aromatic heterocycles. The van der Waals surface area contributed by atoms with Crippen LogP contribution in [0, 0.1) is 0 Å². The molecule has 0 fully saturated rings. The van der Waals surface area contributed by atoms with E-state index in [2.05, 4.69) is 17.5 Å². The predicted molar refractivity (Wildman–Crippen MR) is 72.2 cm³/mol. The number of nitrogens with one attached hydrogen (secondary N) is 1. The summed E-state index contributed by atoms with van der Waals surface area (Å²) < 4.78 is 5.42. The van der Waals surface area contributed by atoms with E-state index in [-0.39, 0.29) is 5.76 Å². The largest absolute Gasteiger partial charge is 0.475 e. The Bertz CT molecular complexity index is 634. The first-order valence-corrected chi connectivity index (χ1v) is 6.38. The molecule has 0 saturated carbocycles. The van der Waals surface area contributed by atoms with Gasteiger partial charge in [-0.1, -0.05) is 30.4 Å². The van der Waals surface area contributed by atoms with Crippen molar-refractivity contribution in [3.05, 3.63) is 47.7 Å². The summed E-state index contributed by atoms with van der Waals surface area (Å²) in [5.74, 6) is -0.975. The lowest BCUT2D eigenvalue weighted by Gasteiger charge is -2.11. The van der Waals surface area contributed by atoms with Crippen molar-refractivity contribution < 1.29 is 14.3 Å². The van der Waals surface area contributed by atoms with Gasteiger partial charge in [0.15, 0.2) is 0 Å². The minimum Gasteiger partial charge on any atom is -0.475 e. The fraction of sp³-hybridized carbons (Fsp3) is 0.267. The van der Waals surface area contributed by atoms with Crippen LogP contribution >= 0.6 is 0 Å². The lowest BCUT2D eigenvalue weighted by molar-refractivity contribution is 0.0663. The van der Waals surface area contributed by atoms with Crippen LogP contribution < -0.4 is 5.32 Å². The van der Waals surface area contributed by atoms with Crippen LogP contribution in [0.1, 0.15) is 29.0 Å². The summed E-state index contributed by atoms with van der Waals surface area (Å²) in [4.78, 5) is 11.3. The second kappa shape index (κ2) is 4.90. The highest BCUT2D eigenvalue weighted by Gasteiger charge is 2.20. The van der Waals surface area contributed by atoms with Crippen LogP contribution in [0.15, 0.2) is 40.8 Å². The molecular weight excluding hydrogens is 242 g/mol. The quantitative estimate of drug-likeness (QED) is 0.827. The van der Waals surface area contributed by atoms with Crippen LogP contribution in [0.3, 0.4) is 0 Å². The number of carboxylic acid groups (broad SMARTS) is 1. The molecule has 0 saturated heterocycles. The Balaban J connectivity index is 1.90. The number of rotatable bonds is 4. The fourth-order valence-corrected chi connectivity index (χ4v) is 2.48. The van der Waals surface area contributed by atoms with Crippen molar-refractivity contribution in [2.75, 3.05) is 0 Å². The van der Waals surface area contributed by atoms with Gasteiger partial charge in [0.1, 0.15) is 5.58 Å². The average molecular weight is 257 g/mol. The topological polar surface area (TPSA) is 62.5 Å². The van der Waals surface area contributed by atoms with Gasteiger partial charge in [-0.05, 0) is 18.9 Å². The molecule has 2 N–H and O–H groups in total. The van der Waals surface area contributed by atoms with E-state index in [1.807, 2.05) is 18.2 Å². The van der Waals surface area contributed by atoms with Gasteiger partial charge >= 0.3 is 5.97 Å². The third kappa shape index (κ3) is 2.27. The Morgan fingerprint density at radius 3 is 2.79 bits per heavy atom. The van der Waals surface area contributed by atoms with E-state index in [0.717, 1.165) is 23.8 Å². The second-order valence-electron chi connectivity index (χ2n) is 4.73. The number of carbonyl (C=O) groups is 1. The fourth-order valence-electron chi connectivity index (χ4n) is 2.48. The summed E-state index contributed by atoms with van der Waals surface area (Å²) in [6, 6.07) is 7.83. The molecule has 0 radical (unpaired) electrons. The van der Waals surface area contributed by atoms with E-state index in [9.17, 15) is 9.90 Å². The number of carboxylic acids is 1. The summed E-state index contributed by atoms with van der Waals surface area (Å²) in [7, 11) is 0. The lowest BCUT2D eigenvalue weighted by atomic mass is 10.1. The molecule has 1 heterocycles. The van der Waals surface area contributed by atoms with Gasteiger partial charge in [-0.2, -0.15) is 0 Å². The minimum atomic E-state index is -1.02. The van der Waals surface area contributed by atoms with Gasteiger partial charge in [-0.3, -0.25) is 0 Å². The van der Waals surface area contributed by atoms with Crippen molar-refractivity contribution in [3.63, 3.8) is 0 Å². The zero-order valence-corrected chi connectivity index (χ0v) is 10.4. The van der Waals surface area contributed by atoms with Gasteiger partial charge < -0.3 is 14.8 Å². The molecule has 2 aromatic rings. The molecule has 0 atom stereocenters. The first kappa shape index (κ1) is 12.0. The molecular formula is C15H15NO3. The van der Waals surface area contributed by atoms with Crippen LogP contribution in [-0.4, -0.2) is 17.1 Å². The summed E-state index contributed by atoms with van der Waals surface area (Å²) in [5, 5.41) is 13.5. The average Bonchev–Trinajstić information content (AvgIpc) is 3.03. The number of hydrogen-bond acceptors (Lipinski definition) is 3. The Morgan fingerprint density at radius 1 is 1.32 bits per heavy atom. The third-order valence-corrected chi connectivity index (χ3v) is 3.47. The van der Waals surface area contributed by atoms with Gasteiger partial charge in [0, 0.05) is 23.5 Å². The highest BCUT2D eigenvalue weighted by atomic mass is 16.4. The van der Waals surface area contributed by atoms with Crippen molar-refractivity contribution in [2.45, 2.75) is 25.4 Å². The van der Waals surface area contributed by atoms with Crippen LogP contribution in [0.2, 0.25) is 0 Å². The second-order valence-corrected chi connectivity index (χ2v) is 4.73. The molecule has 4 nitrogen and oxygen atoms in total. The Morgan fingerprint density at radius 2 is 2.05 bits per heavy atom. The highest BCUT2D eigenvalue weighted by Crippen LogP contribution is 2.26. The molecule has 0 spiro atoms. The lowest BCUT2D eigenvalue weighted by Crippen LogP contribution is -2.26. The van der Waals surface area contributed by atoms with E-state index in [1.54, 1.807) is 6.07 Å². The first-order valence-electron chi connectivity index (χ1n) is 6.38. The Kier molecular flexibility index (Phi) is 3.09. The van der Waals surface area contributed by atoms with Gasteiger partial charge in [0.2, 0.25) is 5.76 Å². The Labute approximate surface area is 110 Å². The molecule has 19 heavy (non-hydrogen) atoms. The predicted octanol–water partition coefficient (Wildman–Crippen LogP) is 2.94. The zero-order valence-electron chi connectivity index (χ0n) is 10.4. The number of para-hydroxylation sites is 1. The summed E-state index contributed by atoms with van der Waals surface area (Å²) in [5.41, 5.74) is 1.36. The maximum atomic E-state index is 11.3. The van der Waals surface area contributed by atoms with Gasteiger partial charge in [-0.25, -0.2) is 4.79 Å². The van der Waals surface area contributed by atoms with Gasteiger partial charge in [0.25, 0.3) is 0 Å². The van der Waals surface area contributed by atoms with E-state index in [0.29, 0.717) is 18.2 Å². The van der Waals surface area contributed by atoms with Crippen LogP contribution in [0.4, 0.5) is 0 Å². The maximum absolute atomic E-state index is 11.3. The number of furan rings is 1. The molecule has 1 aliphatic carbocycles. The number of benzene rings is 1. The summed E-state index contributed by atoms with van der Waals surface area (Å²) in [6.07, 6.45) is 6.28. The molecule has 98 valence electrons. The van der Waals surface area contributed by atoms with Crippen LogP contribution in [0.5, 0.6) is 0 Å². The SMILES string of the molecule is O=C(O)c1oc2ccccc2c1CNC1CC=CC1. The standard InChI is InChI=1S/C15H15NO3/c17-15(18)14-12(9-16-10-5-1-2-6-10)11-7-3-4-8-13(11)19-14/h1-4,7-8,10,16H,5-6,9H2,(H,17,18). The van der Waals surface area contributed by atoms with Gasteiger partial charge in [0.05, 0.1) is 0 Å². The summed E-state index contributed by atoms with van der Waals surface area (Å²) >= 11 is 0. The van der Waals surface area contributed by atoms with Crippen molar-refractivity contribution in [3.8, 4) is 0 Å². The van der Waals surface area contributed by atoms with E-state index >= 15 is 0 Å². The molecule has 0 amide bonds. The first-order chi connectivity index (χ1) is 9.25. The molecule has 1 aromatic carbocycles. The van der Waals surface area contributed by atoms with Crippen molar-refractivity contribution in [1.29, 1.82) is 0 Å². The molecule has 0 aliphatic heterocycles. The van der Waals surface area contributed by atoms with E-state index in [4.69, 9.17) is 4.42 Å². The highest BCUT2D eigenvalue weighted by molar-refractivity contribution is 5.95. The van der Waals surface area contributed by atoms with Crippen LogP contribution in [0.25, 0.3) is 11.0 Å². The normalized spacial score (nSPS) is 15.4. The monoisotopic (exact) mass is 257 g/mol. The van der Waals surface area contributed by atoms with Crippen molar-refractivity contribution in [2.24, 2.45) is 0 Å². The molecule has 0 bridgehead atoms. The smallest absolute Gasteiger partial charge is 0.372 e. The molecule has 0 unspecified atom stereocenters. The minimum absolute atomic E-state index is 0.0413. The summed E-state index contributed by atoms with van der Waals surface area (Å²) in [6.45, 7) is 0.519.